The normalized spacial score (nSPS) is 10.6. The molecular weight excluding hydrogens is 453 g/mol. The van der Waals surface area contributed by atoms with Crippen LogP contribution >= 0.6 is 0 Å². The van der Waals surface area contributed by atoms with E-state index in [4.69, 9.17) is 18.7 Å². The topological polar surface area (TPSA) is 95.7 Å². The number of amides is 1. The van der Waals surface area contributed by atoms with E-state index >= 15 is 0 Å². The van der Waals surface area contributed by atoms with E-state index in [2.05, 4.69) is 15.5 Å². The number of aromatic nitrogens is 2. The molecule has 1 N–H and O–H groups in total. The number of benzene rings is 2. The van der Waals surface area contributed by atoms with Crippen molar-refractivity contribution in [3.05, 3.63) is 94.9 Å². The summed E-state index contributed by atoms with van der Waals surface area (Å²) < 4.78 is 36.3. The lowest BCUT2D eigenvalue weighted by atomic mass is 10.1. The molecule has 0 aliphatic rings. The summed E-state index contributed by atoms with van der Waals surface area (Å²) in [6, 6.07) is 12.8. The Hall–Kier alpha value is -4.40. The van der Waals surface area contributed by atoms with E-state index < -0.39 is 5.82 Å². The van der Waals surface area contributed by atoms with Gasteiger partial charge in [-0.1, -0.05) is 11.2 Å². The van der Waals surface area contributed by atoms with Crippen molar-refractivity contribution in [2.75, 3.05) is 7.11 Å². The van der Waals surface area contributed by atoms with Crippen LogP contribution in [-0.4, -0.2) is 23.2 Å². The second-order valence-corrected chi connectivity index (χ2v) is 7.70. The van der Waals surface area contributed by atoms with Crippen molar-refractivity contribution in [2.24, 2.45) is 0 Å². The molecule has 1 amide bonds. The van der Waals surface area contributed by atoms with Crippen molar-refractivity contribution in [3.63, 3.8) is 0 Å². The molecule has 180 valence electrons. The lowest BCUT2D eigenvalue weighted by Crippen LogP contribution is -2.22. The number of carbonyl (C=O) groups excluding carboxylic acids is 1. The van der Waals surface area contributed by atoms with E-state index in [1.807, 2.05) is 13.8 Å². The molecule has 4 rings (SSSR count). The van der Waals surface area contributed by atoms with Gasteiger partial charge < -0.3 is 24.1 Å². The first-order chi connectivity index (χ1) is 16.9. The van der Waals surface area contributed by atoms with Crippen LogP contribution in [0.25, 0.3) is 0 Å². The van der Waals surface area contributed by atoms with Crippen molar-refractivity contribution in [1.29, 1.82) is 0 Å². The van der Waals surface area contributed by atoms with Gasteiger partial charge in [-0.2, -0.15) is 0 Å². The molecule has 0 fully saturated rings. The summed E-state index contributed by atoms with van der Waals surface area (Å²) in [5.41, 5.74) is 2.58. The van der Waals surface area contributed by atoms with Crippen LogP contribution < -0.4 is 19.5 Å². The third-order valence-electron chi connectivity index (χ3n) is 5.29. The fourth-order valence-electron chi connectivity index (χ4n) is 3.34. The Morgan fingerprint density at radius 3 is 2.60 bits per heavy atom. The molecule has 2 heterocycles. The summed E-state index contributed by atoms with van der Waals surface area (Å²) >= 11 is 0. The van der Waals surface area contributed by atoms with Gasteiger partial charge in [-0.3, -0.25) is 9.78 Å². The predicted octanol–water partition coefficient (Wildman–Crippen LogP) is 5.14. The lowest BCUT2D eigenvalue weighted by Gasteiger charge is -2.13. The molecule has 35 heavy (non-hydrogen) atoms. The average molecular weight is 477 g/mol. The molecule has 0 spiro atoms. The number of nitrogens with one attached hydrogen (secondary N) is 1. The van der Waals surface area contributed by atoms with E-state index in [0.29, 0.717) is 34.1 Å². The van der Waals surface area contributed by atoms with Crippen molar-refractivity contribution in [3.8, 4) is 23.0 Å². The highest BCUT2D eigenvalue weighted by atomic mass is 19.1. The minimum absolute atomic E-state index is 0.0741. The highest BCUT2D eigenvalue weighted by molar-refractivity contribution is 5.94. The van der Waals surface area contributed by atoms with Gasteiger partial charge in [-0.05, 0) is 61.9 Å². The van der Waals surface area contributed by atoms with E-state index in [0.717, 1.165) is 11.3 Å². The Labute approximate surface area is 201 Å². The highest BCUT2D eigenvalue weighted by Gasteiger charge is 2.15. The van der Waals surface area contributed by atoms with Crippen LogP contribution in [0, 0.1) is 19.7 Å². The molecule has 0 atom stereocenters. The van der Waals surface area contributed by atoms with Crippen LogP contribution in [0.5, 0.6) is 23.0 Å². The molecular formula is C26H24FN3O5. The Bertz CT molecular complexity index is 1300. The molecule has 0 radical (unpaired) electrons. The van der Waals surface area contributed by atoms with Gasteiger partial charge in [0.2, 0.25) is 0 Å². The zero-order valence-corrected chi connectivity index (χ0v) is 19.5. The zero-order valence-electron chi connectivity index (χ0n) is 19.5. The summed E-state index contributed by atoms with van der Waals surface area (Å²) in [4.78, 5) is 16.6. The van der Waals surface area contributed by atoms with Crippen molar-refractivity contribution in [2.45, 2.75) is 27.0 Å². The predicted molar refractivity (Wildman–Crippen MR) is 125 cm³/mol. The van der Waals surface area contributed by atoms with Crippen molar-refractivity contribution in [1.82, 2.24) is 15.5 Å². The number of pyridine rings is 1. The van der Waals surface area contributed by atoms with E-state index in [9.17, 15) is 9.18 Å². The number of hydrogen-bond acceptors (Lipinski definition) is 7. The first kappa shape index (κ1) is 23.7. The Morgan fingerprint density at radius 2 is 1.91 bits per heavy atom. The molecule has 2 aromatic carbocycles. The monoisotopic (exact) mass is 477 g/mol. The molecule has 2 aromatic heterocycles. The summed E-state index contributed by atoms with van der Waals surface area (Å²) in [6.07, 6.45) is 3.10. The van der Waals surface area contributed by atoms with Gasteiger partial charge >= 0.3 is 0 Å². The number of hydrogen-bond donors (Lipinski definition) is 1. The Balaban J connectivity index is 1.37. The van der Waals surface area contributed by atoms with Gasteiger partial charge in [-0.15, -0.1) is 0 Å². The molecule has 8 nitrogen and oxygen atoms in total. The number of rotatable bonds is 9. The standard InChI is InChI=1S/C26H24FN3O5/c1-16-21(17(2)35-30-16)15-33-24-9-7-19(12-25(24)32-3)26(31)29-13-18-6-8-23(22(27)11-18)34-20-5-4-10-28-14-20/h4-12,14H,13,15H2,1-3H3,(H,29,31). The van der Waals surface area contributed by atoms with E-state index in [1.54, 1.807) is 42.6 Å². The second-order valence-electron chi connectivity index (χ2n) is 7.70. The highest BCUT2D eigenvalue weighted by Crippen LogP contribution is 2.30. The molecule has 0 saturated carbocycles. The molecule has 0 aliphatic heterocycles. The molecule has 0 bridgehead atoms. The molecule has 0 saturated heterocycles. The number of ether oxygens (including phenoxy) is 3. The van der Waals surface area contributed by atoms with Crippen LogP contribution in [0.3, 0.4) is 0 Å². The minimum atomic E-state index is -0.540. The van der Waals surface area contributed by atoms with Crippen LogP contribution in [0.2, 0.25) is 0 Å². The van der Waals surface area contributed by atoms with Crippen LogP contribution in [0.1, 0.15) is 32.9 Å². The Morgan fingerprint density at radius 1 is 1.09 bits per heavy atom. The summed E-state index contributed by atoms with van der Waals surface area (Å²) in [5, 5.41) is 6.69. The zero-order chi connectivity index (χ0) is 24.8. The summed E-state index contributed by atoms with van der Waals surface area (Å²) in [5.74, 6) is 1.21. The quantitative estimate of drug-likeness (QED) is 0.357. The number of carbonyl (C=O) groups is 1. The number of halogens is 1. The maximum atomic E-state index is 14.5. The van der Waals surface area contributed by atoms with Gasteiger partial charge in [-0.25, -0.2) is 4.39 Å². The summed E-state index contributed by atoms with van der Waals surface area (Å²) in [7, 11) is 1.50. The van der Waals surface area contributed by atoms with Gasteiger partial charge in [0.25, 0.3) is 5.91 Å². The number of methoxy groups -OCH3 is 1. The van der Waals surface area contributed by atoms with Crippen LogP contribution in [0.15, 0.2) is 65.4 Å². The maximum absolute atomic E-state index is 14.5. The van der Waals surface area contributed by atoms with Gasteiger partial charge in [0.15, 0.2) is 23.1 Å². The molecule has 4 aromatic rings. The minimum Gasteiger partial charge on any atom is -0.493 e. The Kier molecular flexibility index (Phi) is 7.25. The first-order valence-corrected chi connectivity index (χ1v) is 10.8. The van der Waals surface area contributed by atoms with Crippen molar-refractivity contribution >= 4 is 5.91 Å². The van der Waals surface area contributed by atoms with Crippen LogP contribution in [0.4, 0.5) is 4.39 Å². The fourth-order valence-corrected chi connectivity index (χ4v) is 3.34. The molecule has 9 heteroatoms. The van der Waals surface area contributed by atoms with Crippen LogP contribution in [-0.2, 0) is 13.2 Å². The molecule has 0 aliphatic carbocycles. The summed E-state index contributed by atoms with van der Waals surface area (Å²) in [6.45, 7) is 4.05. The third-order valence-corrected chi connectivity index (χ3v) is 5.29. The average Bonchev–Trinajstić information content (AvgIpc) is 3.20. The fraction of sp³-hybridized carbons (Fsp3) is 0.192. The second kappa shape index (κ2) is 10.7. The van der Waals surface area contributed by atoms with Crippen molar-refractivity contribution < 1.29 is 27.9 Å². The molecule has 0 unspecified atom stereocenters. The largest absolute Gasteiger partial charge is 0.493 e. The smallest absolute Gasteiger partial charge is 0.251 e. The van der Waals surface area contributed by atoms with Gasteiger partial charge in [0, 0.05) is 18.3 Å². The van der Waals surface area contributed by atoms with Gasteiger partial charge in [0.05, 0.1) is 24.6 Å². The SMILES string of the molecule is COc1cc(C(=O)NCc2ccc(Oc3cccnc3)c(F)c2)ccc1OCc1c(C)noc1C. The van der Waals surface area contributed by atoms with E-state index in [-0.39, 0.29) is 24.8 Å². The number of aryl methyl sites for hydroxylation is 2. The maximum Gasteiger partial charge on any atom is 0.251 e. The third kappa shape index (κ3) is 5.75. The van der Waals surface area contributed by atoms with Gasteiger partial charge in [0.1, 0.15) is 18.1 Å². The lowest BCUT2D eigenvalue weighted by molar-refractivity contribution is 0.0950. The van der Waals surface area contributed by atoms with E-state index in [1.165, 1.54) is 25.4 Å². The first-order valence-electron chi connectivity index (χ1n) is 10.8. The number of nitrogens with zero attached hydrogens (tertiary/aromatic N) is 2.